The number of imidazole rings is 1. The van der Waals surface area contributed by atoms with E-state index < -0.39 is 0 Å². The number of aromatic nitrogens is 2. The van der Waals surface area contributed by atoms with E-state index in [1.54, 1.807) is 19.2 Å². The fraction of sp³-hybridized carbons (Fsp3) is 0.429. The van der Waals surface area contributed by atoms with Gasteiger partial charge < -0.3 is 14.7 Å². The summed E-state index contributed by atoms with van der Waals surface area (Å²) in [4.78, 5) is 19.6. The van der Waals surface area contributed by atoms with E-state index in [4.69, 9.17) is 4.42 Å². The minimum Gasteiger partial charge on any atom is -0.466 e. The molecule has 0 fully saturated rings. The summed E-state index contributed by atoms with van der Waals surface area (Å²) in [7, 11) is 0. The number of carbonyl (C=O) groups excluding carboxylic acids is 1. The Balaban J connectivity index is 2.15. The molecule has 0 radical (unpaired) electrons. The maximum atomic E-state index is 12.2. The molecule has 0 aromatic carbocycles. The lowest BCUT2D eigenvalue weighted by atomic mass is 10.1. The number of nitrogens with one attached hydrogen (secondary N) is 2. The average Bonchev–Trinajstić information content (AvgIpc) is 2.92. The van der Waals surface area contributed by atoms with Gasteiger partial charge in [0.2, 0.25) is 0 Å². The van der Waals surface area contributed by atoms with E-state index in [1.165, 1.54) is 0 Å². The first-order valence-electron chi connectivity index (χ1n) is 6.40. The van der Waals surface area contributed by atoms with Gasteiger partial charge in [-0.25, -0.2) is 4.98 Å². The number of hydrogen-bond donors (Lipinski definition) is 2. The fourth-order valence-corrected chi connectivity index (χ4v) is 2.07. The first kappa shape index (κ1) is 13.4. The maximum Gasteiger partial charge on any atom is 0.255 e. The van der Waals surface area contributed by atoms with E-state index >= 15 is 0 Å². The quantitative estimate of drug-likeness (QED) is 0.889. The van der Waals surface area contributed by atoms with E-state index in [-0.39, 0.29) is 11.9 Å². The topological polar surface area (TPSA) is 70.9 Å². The van der Waals surface area contributed by atoms with Crippen molar-refractivity contribution in [3.63, 3.8) is 0 Å². The molecule has 0 aliphatic heterocycles. The summed E-state index contributed by atoms with van der Waals surface area (Å²) in [5, 5.41) is 2.97. The summed E-state index contributed by atoms with van der Waals surface area (Å²) in [5.41, 5.74) is 1.57. The summed E-state index contributed by atoms with van der Waals surface area (Å²) in [6, 6.07) is 1.64. The normalized spacial score (nSPS) is 12.4. The molecule has 0 unspecified atom stereocenters. The molecule has 2 aromatic heterocycles. The Bertz CT molecular complexity index is 583. The third-order valence-electron chi connectivity index (χ3n) is 3.05. The summed E-state index contributed by atoms with van der Waals surface area (Å²) >= 11 is 0. The van der Waals surface area contributed by atoms with Crippen LogP contribution in [0.3, 0.4) is 0 Å². The first-order chi connectivity index (χ1) is 9.01. The van der Waals surface area contributed by atoms with Gasteiger partial charge in [-0.1, -0.05) is 6.92 Å². The molecule has 2 aromatic rings. The molecule has 1 amide bonds. The van der Waals surface area contributed by atoms with Crippen molar-refractivity contribution in [1.29, 1.82) is 0 Å². The van der Waals surface area contributed by atoms with E-state index in [1.807, 2.05) is 20.8 Å². The molecular formula is C14H19N3O2. The van der Waals surface area contributed by atoms with E-state index in [0.29, 0.717) is 11.3 Å². The molecule has 19 heavy (non-hydrogen) atoms. The number of rotatable bonds is 4. The highest BCUT2D eigenvalue weighted by atomic mass is 16.3. The molecule has 0 bridgehead atoms. The Morgan fingerprint density at radius 2 is 2.21 bits per heavy atom. The Hall–Kier alpha value is -2.04. The molecule has 0 spiro atoms. The van der Waals surface area contributed by atoms with E-state index in [9.17, 15) is 4.79 Å². The van der Waals surface area contributed by atoms with Gasteiger partial charge >= 0.3 is 0 Å². The number of carbonyl (C=O) groups is 1. The molecule has 5 heteroatoms. The first-order valence-corrected chi connectivity index (χ1v) is 6.40. The van der Waals surface area contributed by atoms with Crippen LogP contribution in [0.5, 0.6) is 0 Å². The molecule has 1 atom stereocenters. The van der Waals surface area contributed by atoms with Gasteiger partial charge in [0.15, 0.2) is 0 Å². The van der Waals surface area contributed by atoms with Gasteiger partial charge in [-0.05, 0) is 33.3 Å². The summed E-state index contributed by atoms with van der Waals surface area (Å²) in [6.45, 7) is 7.57. The van der Waals surface area contributed by atoms with E-state index in [2.05, 4.69) is 15.3 Å². The second-order valence-electron chi connectivity index (χ2n) is 4.71. The highest BCUT2D eigenvalue weighted by Crippen LogP contribution is 2.17. The van der Waals surface area contributed by atoms with Gasteiger partial charge in [0.1, 0.15) is 17.3 Å². The summed E-state index contributed by atoms with van der Waals surface area (Å²) in [6.07, 6.45) is 2.53. The van der Waals surface area contributed by atoms with Crippen LogP contribution in [0.1, 0.15) is 52.8 Å². The van der Waals surface area contributed by atoms with Crippen LogP contribution in [0, 0.1) is 20.8 Å². The number of nitrogens with zero attached hydrogens (tertiary/aromatic N) is 1. The van der Waals surface area contributed by atoms with Crippen LogP contribution >= 0.6 is 0 Å². The third kappa shape index (κ3) is 2.86. The maximum absolute atomic E-state index is 12.2. The molecule has 0 aliphatic carbocycles. The number of amides is 1. The monoisotopic (exact) mass is 261 g/mol. The third-order valence-corrected chi connectivity index (χ3v) is 3.05. The molecule has 2 rings (SSSR count). The van der Waals surface area contributed by atoms with Crippen molar-refractivity contribution in [2.24, 2.45) is 0 Å². The SMILES string of the molecule is CC[C@@H](NC(=O)c1cc(C)oc1C)c1ncc(C)[nH]1. The van der Waals surface area contributed by atoms with Gasteiger partial charge in [-0.3, -0.25) is 4.79 Å². The van der Waals surface area contributed by atoms with Crippen LogP contribution in [-0.2, 0) is 0 Å². The average molecular weight is 261 g/mol. The number of aromatic amines is 1. The second-order valence-corrected chi connectivity index (χ2v) is 4.71. The molecular weight excluding hydrogens is 242 g/mol. The van der Waals surface area contributed by atoms with E-state index in [0.717, 1.165) is 23.7 Å². The van der Waals surface area contributed by atoms with Gasteiger partial charge in [-0.15, -0.1) is 0 Å². The van der Waals surface area contributed by atoms with Crippen molar-refractivity contribution in [1.82, 2.24) is 15.3 Å². The highest BCUT2D eigenvalue weighted by molar-refractivity contribution is 5.95. The molecule has 0 saturated carbocycles. The fourth-order valence-electron chi connectivity index (χ4n) is 2.07. The lowest BCUT2D eigenvalue weighted by molar-refractivity contribution is 0.0932. The molecule has 2 heterocycles. The van der Waals surface area contributed by atoms with Crippen LogP contribution in [0.25, 0.3) is 0 Å². The standard InChI is InChI=1S/C14H19N3O2/c1-5-12(13-15-7-8(2)16-13)17-14(18)11-6-9(3)19-10(11)4/h6-7,12H,5H2,1-4H3,(H,15,16)(H,17,18)/t12-/m1/s1. The Morgan fingerprint density at radius 1 is 1.47 bits per heavy atom. The second kappa shape index (κ2) is 5.30. The van der Waals surface area contributed by atoms with Crippen LogP contribution in [-0.4, -0.2) is 15.9 Å². The van der Waals surface area contributed by atoms with Crippen molar-refractivity contribution in [2.75, 3.05) is 0 Å². The van der Waals surface area contributed by atoms with Crippen LogP contribution in [0.4, 0.5) is 0 Å². The number of aryl methyl sites for hydroxylation is 3. The molecule has 0 saturated heterocycles. The van der Waals surface area contributed by atoms with Crippen molar-refractivity contribution in [2.45, 2.75) is 40.2 Å². The van der Waals surface area contributed by atoms with Crippen molar-refractivity contribution in [3.05, 3.63) is 40.9 Å². The van der Waals surface area contributed by atoms with Crippen molar-refractivity contribution in [3.8, 4) is 0 Å². The molecule has 102 valence electrons. The minimum atomic E-state index is -0.129. The number of furan rings is 1. The zero-order chi connectivity index (χ0) is 14.0. The van der Waals surface area contributed by atoms with Gasteiger partial charge in [0.05, 0.1) is 11.6 Å². The number of H-pyrrole nitrogens is 1. The predicted molar refractivity (Wildman–Crippen MR) is 72.0 cm³/mol. The number of hydrogen-bond acceptors (Lipinski definition) is 3. The van der Waals surface area contributed by atoms with Gasteiger partial charge in [0.25, 0.3) is 5.91 Å². The van der Waals surface area contributed by atoms with Gasteiger partial charge in [0, 0.05) is 11.9 Å². The van der Waals surface area contributed by atoms with Crippen LogP contribution in [0.2, 0.25) is 0 Å². The zero-order valence-corrected chi connectivity index (χ0v) is 11.7. The van der Waals surface area contributed by atoms with Crippen molar-refractivity contribution >= 4 is 5.91 Å². The van der Waals surface area contributed by atoms with Crippen LogP contribution in [0.15, 0.2) is 16.7 Å². The van der Waals surface area contributed by atoms with Crippen LogP contribution < -0.4 is 5.32 Å². The minimum absolute atomic E-state index is 0.115. The summed E-state index contributed by atoms with van der Waals surface area (Å²) < 4.78 is 5.38. The Morgan fingerprint density at radius 3 is 2.68 bits per heavy atom. The largest absolute Gasteiger partial charge is 0.466 e. The Labute approximate surface area is 112 Å². The van der Waals surface area contributed by atoms with Gasteiger partial charge in [-0.2, -0.15) is 0 Å². The summed E-state index contributed by atoms with van der Waals surface area (Å²) in [5.74, 6) is 2.03. The zero-order valence-electron chi connectivity index (χ0n) is 11.7. The highest BCUT2D eigenvalue weighted by Gasteiger charge is 2.19. The molecule has 2 N–H and O–H groups in total. The molecule has 5 nitrogen and oxygen atoms in total. The predicted octanol–water partition coefficient (Wildman–Crippen LogP) is 2.81. The smallest absolute Gasteiger partial charge is 0.255 e. The lowest BCUT2D eigenvalue weighted by Crippen LogP contribution is -2.29. The molecule has 0 aliphatic rings. The van der Waals surface area contributed by atoms with Crippen molar-refractivity contribution < 1.29 is 9.21 Å². The Kier molecular flexibility index (Phi) is 3.74. The lowest BCUT2D eigenvalue weighted by Gasteiger charge is -2.14.